The Morgan fingerprint density at radius 2 is 0.839 bits per heavy atom. The maximum Gasteiger partial charge on any atom is 0.136 e. The van der Waals surface area contributed by atoms with Crippen molar-refractivity contribution in [1.82, 2.24) is 0 Å². The smallest absolute Gasteiger partial charge is 0.136 e. The molecule has 0 bridgehead atoms. The highest BCUT2D eigenvalue weighted by molar-refractivity contribution is 6.28. The molecule has 1 nitrogen and oxygen atoms in total. The van der Waals surface area contributed by atoms with Crippen LogP contribution in [0.25, 0.3) is 88.0 Å². The monoisotopic (exact) mass is 724 g/mol. The molecule has 56 heavy (non-hydrogen) atoms. The maximum atomic E-state index is 6.55. The van der Waals surface area contributed by atoms with Crippen molar-refractivity contribution in [2.45, 2.75) is 74.7 Å². The Morgan fingerprint density at radius 3 is 1.52 bits per heavy atom. The summed E-state index contributed by atoms with van der Waals surface area (Å²) in [6.07, 6.45) is 0. The molecule has 8 aromatic carbocycles. The normalized spacial score (nSPS) is 13.3. The van der Waals surface area contributed by atoms with Crippen LogP contribution in [-0.4, -0.2) is 0 Å². The average Bonchev–Trinajstić information content (AvgIpc) is 3.71. The number of aryl methyl sites for hydroxylation is 4. The van der Waals surface area contributed by atoms with E-state index >= 15 is 0 Å². The molecule has 1 heterocycles. The fraction of sp³-hybridized carbons (Fsp3) is 0.200. The Hall–Kier alpha value is -5.92. The summed E-state index contributed by atoms with van der Waals surface area (Å²) in [5, 5.41) is 7.74. The molecule has 0 N–H and O–H groups in total. The van der Waals surface area contributed by atoms with Crippen LogP contribution >= 0.6 is 0 Å². The van der Waals surface area contributed by atoms with Crippen LogP contribution in [-0.2, 0) is 5.41 Å². The maximum absolute atomic E-state index is 6.55. The molecule has 1 aliphatic carbocycles. The standard InChI is InChI=1S/C55H48O/c1-29-31(3)35(7)49-47(33(29)5)51(38-19-15-18-37(28-38)39-22-16-25-44-52(39)40-20-11-13-24-43(40)55(44,9)10)48-34(6)30(2)32(4)36(8)50(48)54(49)42-23-17-27-46-53(42)41-21-12-14-26-45(41)56-46/h11-28H,1-10H3. The molecule has 0 spiro atoms. The highest BCUT2D eigenvalue weighted by Gasteiger charge is 2.36. The first-order valence-electron chi connectivity index (χ1n) is 20.1. The number of para-hydroxylation sites is 1. The summed E-state index contributed by atoms with van der Waals surface area (Å²) in [6, 6.07) is 40.5. The molecule has 10 rings (SSSR count). The van der Waals surface area contributed by atoms with Crippen LogP contribution < -0.4 is 0 Å². The van der Waals surface area contributed by atoms with Crippen molar-refractivity contribution in [3.05, 3.63) is 165 Å². The SMILES string of the molecule is Cc1c(C)c(C)c2c(-c3cccc4oc5ccccc5c34)c3c(C)c(C)c(C)c(C)c3c(-c3cccc(-c4cccc5c4-c4ccccc4C5(C)C)c3)c2c1C. The Morgan fingerprint density at radius 1 is 0.357 bits per heavy atom. The molecule has 9 aromatic rings. The Labute approximate surface area is 330 Å². The lowest BCUT2D eigenvalue weighted by Gasteiger charge is -2.27. The van der Waals surface area contributed by atoms with Crippen molar-refractivity contribution in [2.24, 2.45) is 0 Å². The highest BCUT2D eigenvalue weighted by Crippen LogP contribution is 2.55. The molecule has 0 radical (unpaired) electrons. The molecule has 0 aliphatic heterocycles. The van der Waals surface area contributed by atoms with E-state index < -0.39 is 0 Å². The molecule has 1 aliphatic rings. The molecule has 0 saturated heterocycles. The van der Waals surface area contributed by atoms with Crippen LogP contribution in [0.15, 0.2) is 114 Å². The highest BCUT2D eigenvalue weighted by atomic mass is 16.3. The number of benzene rings is 8. The third-order valence-corrected chi connectivity index (χ3v) is 14.1. The molecular weight excluding hydrogens is 677 g/mol. The van der Waals surface area contributed by atoms with Gasteiger partial charge in [0, 0.05) is 16.2 Å². The minimum absolute atomic E-state index is 0.0565. The van der Waals surface area contributed by atoms with Crippen molar-refractivity contribution in [3.8, 4) is 44.5 Å². The van der Waals surface area contributed by atoms with Gasteiger partial charge in [0.15, 0.2) is 0 Å². The van der Waals surface area contributed by atoms with E-state index in [1.807, 2.05) is 0 Å². The summed E-state index contributed by atoms with van der Waals surface area (Å²) in [4.78, 5) is 0. The van der Waals surface area contributed by atoms with Gasteiger partial charge in [-0.2, -0.15) is 0 Å². The second-order valence-corrected chi connectivity index (χ2v) is 17.0. The molecule has 0 atom stereocenters. The van der Waals surface area contributed by atoms with E-state index in [9.17, 15) is 0 Å². The van der Waals surface area contributed by atoms with Gasteiger partial charge in [0.1, 0.15) is 11.2 Å². The zero-order valence-corrected chi connectivity index (χ0v) is 34.3. The van der Waals surface area contributed by atoms with Crippen LogP contribution in [0, 0.1) is 55.4 Å². The summed E-state index contributed by atoms with van der Waals surface area (Å²) >= 11 is 0. The molecule has 0 amide bonds. The second-order valence-electron chi connectivity index (χ2n) is 17.0. The van der Waals surface area contributed by atoms with Crippen molar-refractivity contribution in [1.29, 1.82) is 0 Å². The lowest BCUT2D eigenvalue weighted by atomic mass is 9.76. The van der Waals surface area contributed by atoms with Gasteiger partial charge in [0.25, 0.3) is 0 Å². The zero-order valence-electron chi connectivity index (χ0n) is 34.3. The summed E-state index contributed by atoms with van der Waals surface area (Å²) < 4.78 is 6.55. The van der Waals surface area contributed by atoms with E-state index in [1.165, 1.54) is 127 Å². The average molecular weight is 725 g/mol. The first kappa shape index (κ1) is 34.6. The van der Waals surface area contributed by atoms with E-state index in [0.29, 0.717) is 0 Å². The lowest BCUT2D eigenvalue weighted by Crippen LogP contribution is -2.14. The van der Waals surface area contributed by atoms with Crippen molar-refractivity contribution in [3.63, 3.8) is 0 Å². The Balaban J connectivity index is 1.39. The molecule has 0 saturated carbocycles. The third-order valence-electron chi connectivity index (χ3n) is 14.1. The number of rotatable bonds is 3. The molecule has 0 unspecified atom stereocenters. The number of hydrogen-bond donors (Lipinski definition) is 0. The molecular formula is C55H48O. The minimum atomic E-state index is -0.0565. The van der Waals surface area contributed by atoms with Crippen LogP contribution in [0.3, 0.4) is 0 Å². The van der Waals surface area contributed by atoms with E-state index in [2.05, 4.69) is 178 Å². The zero-order chi connectivity index (χ0) is 38.9. The predicted molar refractivity (Wildman–Crippen MR) is 240 cm³/mol. The van der Waals surface area contributed by atoms with E-state index in [1.54, 1.807) is 0 Å². The van der Waals surface area contributed by atoms with E-state index in [0.717, 1.165) is 16.6 Å². The van der Waals surface area contributed by atoms with Crippen LogP contribution in [0.2, 0.25) is 0 Å². The first-order chi connectivity index (χ1) is 26.9. The van der Waals surface area contributed by atoms with Gasteiger partial charge < -0.3 is 4.42 Å². The Kier molecular flexibility index (Phi) is 7.43. The van der Waals surface area contributed by atoms with Gasteiger partial charge in [-0.3, -0.25) is 0 Å². The number of fused-ring (bicyclic) bond motifs is 8. The number of furan rings is 1. The van der Waals surface area contributed by atoms with Gasteiger partial charge in [-0.15, -0.1) is 0 Å². The van der Waals surface area contributed by atoms with E-state index in [4.69, 9.17) is 4.42 Å². The largest absolute Gasteiger partial charge is 0.456 e. The fourth-order valence-electron chi connectivity index (χ4n) is 10.5. The van der Waals surface area contributed by atoms with Gasteiger partial charge in [-0.05, 0) is 195 Å². The van der Waals surface area contributed by atoms with Gasteiger partial charge in [0.2, 0.25) is 0 Å². The Bertz CT molecular complexity index is 3100. The minimum Gasteiger partial charge on any atom is -0.456 e. The topological polar surface area (TPSA) is 13.1 Å². The van der Waals surface area contributed by atoms with Gasteiger partial charge in [0.05, 0.1) is 0 Å². The summed E-state index contributed by atoms with van der Waals surface area (Å²) in [7, 11) is 0. The summed E-state index contributed by atoms with van der Waals surface area (Å²) in [6.45, 7) is 23.4. The lowest BCUT2D eigenvalue weighted by molar-refractivity contribution is 0.660. The quantitative estimate of drug-likeness (QED) is 0.165. The van der Waals surface area contributed by atoms with Crippen LogP contribution in [0.5, 0.6) is 0 Å². The molecule has 1 aromatic heterocycles. The molecule has 274 valence electrons. The molecule has 1 heteroatoms. The number of hydrogen-bond acceptors (Lipinski definition) is 1. The van der Waals surface area contributed by atoms with Crippen LogP contribution in [0.4, 0.5) is 0 Å². The predicted octanol–water partition coefficient (Wildman–Crippen LogP) is 15.7. The van der Waals surface area contributed by atoms with Crippen molar-refractivity contribution < 1.29 is 4.42 Å². The van der Waals surface area contributed by atoms with Gasteiger partial charge in [-0.1, -0.05) is 105 Å². The van der Waals surface area contributed by atoms with Gasteiger partial charge in [-0.25, -0.2) is 0 Å². The molecule has 0 fully saturated rings. The van der Waals surface area contributed by atoms with Crippen LogP contribution in [0.1, 0.15) is 69.5 Å². The summed E-state index contributed by atoms with van der Waals surface area (Å²) in [5.41, 5.74) is 25.9. The van der Waals surface area contributed by atoms with Gasteiger partial charge >= 0.3 is 0 Å². The summed E-state index contributed by atoms with van der Waals surface area (Å²) in [5.74, 6) is 0. The third kappa shape index (κ3) is 4.49. The fourth-order valence-corrected chi connectivity index (χ4v) is 10.5. The van der Waals surface area contributed by atoms with Crippen molar-refractivity contribution in [2.75, 3.05) is 0 Å². The second kappa shape index (κ2) is 12.0. The van der Waals surface area contributed by atoms with E-state index in [-0.39, 0.29) is 5.41 Å². The first-order valence-corrected chi connectivity index (χ1v) is 20.1. The van der Waals surface area contributed by atoms with Crippen molar-refractivity contribution >= 4 is 43.5 Å².